The number of amides is 1. The van der Waals surface area contributed by atoms with E-state index in [0.717, 1.165) is 60.5 Å². The van der Waals surface area contributed by atoms with Crippen LogP contribution in [0.15, 0.2) is 22.7 Å². The highest BCUT2D eigenvalue weighted by atomic mass is 16.5. The third kappa shape index (κ3) is 2.93. The van der Waals surface area contributed by atoms with Gasteiger partial charge in [0.2, 0.25) is 0 Å². The van der Waals surface area contributed by atoms with Crippen molar-refractivity contribution in [3.05, 3.63) is 40.8 Å². The van der Waals surface area contributed by atoms with Crippen LogP contribution in [0.3, 0.4) is 0 Å². The minimum atomic E-state index is -0.0127. The van der Waals surface area contributed by atoms with Crippen molar-refractivity contribution < 1.29 is 18.8 Å². The highest BCUT2D eigenvalue weighted by Crippen LogP contribution is 2.36. The van der Waals surface area contributed by atoms with Crippen LogP contribution < -0.4 is 9.47 Å². The zero-order chi connectivity index (χ0) is 18.1. The van der Waals surface area contributed by atoms with E-state index in [1.165, 1.54) is 0 Å². The van der Waals surface area contributed by atoms with E-state index in [1.54, 1.807) is 14.2 Å². The van der Waals surface area contributed by atoms with Gasteiger partial charge in [-0.3, -0.25) is 4.79 Å². The Hall–Kier alpha value is -2.50. The Morgan fingerprint density at radius 1 is 1.23 bits per heavy atom. The maximum Gasteiger partial charge on any atom is 0.276 e. The molecule has 0 N–H and O–H groups in total. The van der Waals surface area contributed by atoms with Gasteiger partial charge in [0.25, 0.3) is 5.91 Å². The van der Waals surface area contributed by atoms with Crippen molar-refractivity contribution in [3.8, 4) is 11.5 Å². The van der Waals surface area contributed by atoms with Crippen LogP contribution in [0.25, 0.3) is 0 Å². The van der Waals surface area contributed by atoms with Crippen molar-refractivity contribution in [1.29, 1.82) is 0 Å². The summed E-state index contributed by atoms with van der Waals surface area (Å²) in [7, 11) is 3.33. The monoisotopic (exact) mass is 356 g/mol. The summed E-state index contributed by atoms with van der Waals surface area (Å²) in [6.45, 7) is 1.37. The summed E-state index contributed by atoms with van der Waals surface area (Å²) in [4.78, 5) is 14.9. The average Bonchev–Trinajstić information content (AvgIpc) is 3.34. The molecule has 0 saturated carbocycles. The van der Waals surface area contributed by atoms with E-state index in [1.807, 2.05) is 23.1 Å². The molecule has 4 rings (SSSR count). The number of methoxy groups -OCH3 is 2. The number of hydrogen-bond acceptors (Lipinski definition) is 5. The Balaban J connectivity index is 1.54. The Labute approximate surface area is 153 Å². The molecule has 1 aliphatic heterocycles. The second-order valence-corrected chi connectivity index (χ2v) is 6.98. The standard InChI is InChI=1S/C20H24N2O4/c1-24-14-7-8-17(25-2)16(11-14)13-9-10-22(12-13)20(23)19-15-5-3-4-6-18(15)26-21-19/h7-8,11,13H,3-6,9-10,12H2,1-2H3/t13-/m0/s1. The van der Waals surface area contributed by atoms with E-state index in [-0.39, 0.29) is 11.8 Å². The zero-order valence-corrected chi connectivity index (χ0v) is 15.3. The molecule has 1 saturated heterocycles. The number of aromatic nitrogens is 1. The van der Waals surface area contributed by atoms with Gasteiger partial charge in [-0.2, -0.15) is 0 Å². The maximum atomic E-state index is 13.0. The van der Waals surface area contributed by atoms with E-state index in [4.69, 9.17) is 14.0 Å². The molecule has 138 valence electrons. The molecule has 6 heteroatoms. The van der Waals surface area contributed by atoms with E-state index in [2.05, 4.69) is 5.16 Å². The molecule has 0 unspecified atom stereocenters. The van der Waals surface area contributed by atoms with Gasteiger partial charge in [0.1, 0.15) is 17.3 Å². The van der Waals surface area contributed by atoms with Gasteiger partial charge in [0.15, 0.2) is 5.69 Å². The molecule has 1 aromatic carbocycles. The lowest BCUT2D eigenvalue weighted by Crippen LogP contribution is -2.29. The average molecular weight is 356 g/mol. The fourth-order valence-corrected chi connectivity index (χ4v) is 4.06. The molecule has 1 atom stereocenters. The van der Waals surface area contributed by atoms with Gasteiger partial charge in [0, 0.05) is 36.6 Å². The normalized spacial score (nSPS) is 19.3. The molecule has 0 spiro atoms. The van der Waals surface area contributed by atoms with Gasteiger partial charge < -0.3 is 18.9 Å². The van der Waals surface area contributed by atoms with Gasteiger partial charge in [-0.25, -0.2) is 0 Å². The van der Waals surface area contributed by atoms with Crippen molar-refractivity contribution in [1.82, 2.24) is 10.1 Å². The van der Waals surface area contributed by atoms with Crippen LogP contribution in [-0.4, -0.2) is 43.3 Å². The molecule has 26 heavy (non-hydrogen) atoms. The predicted octanol–water partition coefficient (Wildman–Crippen LogP) is 3.20. The molecule has 2 heterocycles. The smallest absolute Gasteiger partial charge is 0.276 e. The summed E-state index contributed by atoms with van der Waals surface area (Å²) >= 11 is 0. The Kier molecular flexibility index (Phi) is 4.57. The fourth-order valence-electron chi connectivity index (χ4n) is 4.06. The summed E-state index contributed by atoms with van der Waals surface area (Å²) in [5.74, 6) is 2.75. The molecule has 2 aromatic rings. The van der Waals surface area contributed by atoms with Crippen molar-refractivity contribution in [2.45, 2.75) is 38.0 Å². The van der Waals surface area contributed by atoms with Gasteiger partial charge in [-0.15, -0.1) is 0 Å². The first-order valence-electron chi connectivity index (χ1n) is 9.20. The number of carbonyl (C=O) groups excluding carboxylic acids is 1. The molecular weight excluding hydrogens is 332 g/mol. The van der Waals surface area contributed by atoms with Crippen LogP contribution in [0.2, 0.25) is 0 Å². The largest absolute Gasteiger partial charge is 0.497 e. The third-order valence-electron chi connectivity index (χ3n) is 5.50. The number of rotatable bonds is 4. The number of hydrogen-bond donors (Lipinski definition) is 0. The number of benzene rings is 1. The SMILES string of the molecule is COc1ccc(OC)c([C@H]2CCN(C(=O)c3noc4c3CCCC4)C2)c1. The molecule has 1 fully saturated rings. The summed E-state index contributed by atoms with van der Waals surface area (Å²) in [5, 5.41) is 4.09. The first kappa shape index (κ1) is 16.9. The predicted molar refractivity (Wildman–Crippen MR) is 96.0 cm³/mol. The van der Waals surface area contributed by atoms with Crippen LogP contribution in [0, 0.1) is 0 Å². The Morgan fingerprint density at radius 3 is 2.88 bits per heavy atom. The van der Waals surface area contributed by atoms with E-state index in [0.29, 0.717) is 18.8 Å². The number of ether oxygens (including phenoxy) is 2. The highest BCUT2D eigenvalue weighted by molar-refractivity contribution is 5.94. The van der Waals surface area contributed by atoms with Crippen LogP contribution in [0.1, 0.15) is 52.6 Å². The molecule has 0 radical (unpaired) electrons. The number of nitrogens with zero attached hydrogens (tertiary/aromatic N) is 2. The minimum absolute atomic E-state index is 0.0127. The quantitative estimate of drug-likeness (QED) is 0.842. The third-order valence-corrected chi connectivity index (χ3v) is 5.50. The first-order valence-corrected chi connectivity index (χ1v) is 9.20. The molecule has 2 aliphatic rings. The van der Waals surface area contributed by atoms with Crippen LogP contribution in [-0.2, 0) is 12.8 Å². The Bertz CT molecular complexity index is 814. The lowest BCUT2D eigenvalue weighted by molar-refractivity contribution is 0.0779. The molecule has 1 aromatic heterocycles. The van der Waals surface area contributed by atoms with E-state index in [9.17, 15) is 4.79 Å². The van der Waals surface area contributed by atoms with Gasteiger partial charge in [-0.1, -0.05) is 5.16 Å². The zero-order valence-electron chi connectivity index (χ0n) is 15.3. The topological polar surface area (TPSA) is 64.8 Å². The van der Waals surface area contributed by atoms with E-state index >= 15 is 0 Å². The number of likely N-dealkylation sites (tertiary alicyclic amines) is 1. The lowest BCUT2D eigenvalue weighted by Gasteiger charge is -2.18. The van der Waals surface area contributed by atoms with Crippen LogP contribution in [0.4, 0.5) is 0 Å². The fraction of sp³-hybridized carbons (Fsp3) is 0.500. The summed E-state index contributed by atoms with van der Waals surface area (Å²) in [6, 6.07) is 5.82. The first-order chi connectivity index (χ1) is 12.7. The number of fused-ring (bicyclic) bond motifs is 1. The second-order valence-electron chi connectivity index (χ2n) is 6.98. The molecule has 0 bridgehead atoms. The van der Waals surface area contributed by atoms with Crippen molar-refractivity contribution in [2.24, 2.45) is 0 Å². The van der Waals surface area contributed by atoms with Crippen LogP contribution in [0.5, 0.6) is 11.5 Å². The maximum absolute atomic E-state index is 13.0. The van der Waals surface area contributed by atoms with Crippen molar-refractivity contribution >= 4 is 5.91 Å². The van der Waals surface area contributed by atoms with Crippen molar-refractivity contribution in [3.63, 3.8) is 0 Å². The second kappa shape index (κ2) is 7.02. The van der Waals surface area contributed by atoms with Gasteiger partial charge in [0.05, 0.1) is 14.2 Å². The van der Waals surface area contributed by atoms with Crippen molar-refractivity contribution in [2.75, 3.05) is 27.3 Å². The summed E-state index contributed by atoms with van der Waals surface area (Å²) in [5.41, 5.74) is 2.62. The molecule has 6 nitrogen and oxygen atoms in total. The van der Waals surface area contributed by atoms with Crippen LogP contribution >= 0.6 is 0 Å². The molecule has 1 amide bonds. The van der Waals surface area contributed by atoms with E-state index < -0.39 is 0 Å². The summed E-state index contributed by atoms with van der Waals surface area (Å²) in [6.07, 6.45) is 4.88. The Morgan fingerprint density at radius 2 is 2.08 bits per heavy atom. The number of aryl methyl sites for hydroxylation is 1. The lowest BCUT2D eigenvalue weighted by atomic mass is 9.96. The van der Waals surface area contributed by atoms with Gasteiger partial charge >= 0.3 is 0 Å². The molecular formula is C20H24N2O4. The molecule has 1 aliphatic carbocycles. The number of carbonyl (C=O) groups is 1. The van der Waals surface area contributed by atoms with Gasteiger partial charge in [-0.05, 0) is 43.9 Å². The highest BCUT2D eigenvalue weighted by Gasteiger charge is 2.33. The minimum Gasteiger partial charge on any atom is -0.497 e. The summed E-state index contributed by atoms with van der Waals surface area (Å²) < 4.78 is 16.3.